The summed E-state index contributed by atoms with van der Waals surface area (Å²) in [6.07, 6.45) is 4.80. The number of esters is 1. The van der Waals surface area contributed by atoms with Crippen LogP contribution in [0, 0.1) is 6.92 Å². The molecule has 0 N–H and O–H groups in total. The first-order chi connectivity index (χ1) is 17.6. The van der Waals surface area contributed by atoms with Crippen LogP contribution in [-0.4, -0.2) is 44.4 Å². The van der Waals surface area contributed by atoms with Crippen molar-refractivity contribution in [2.45, 2.75) is 39.7 Å². The van der Waals surface area contributed by atoms with Crippen LogP contribution in [0.1, 0.15) is 42.5 Å². The number of hydrogen-bond donors (Lipinski definition) is 0. The summed E-state index contributed by atoms with van der Waals surface area (Å²) < 4.78 is 16.4. The Bertz CT molecular complexity index is 1190. The Kier molecular flexibility index (Phi) is 9.14. The normalized spacial score (nSPS) is 13.1. The predicted octanol–water partition coefficient (Wildman–Crippen LogP) is 6.28. The quantitative estimate of drug-likeness (QED) is 0.225. The molecule has 2 aromatic carbocycles. The number of methoxy groups -OCH3 is 1. The first kappa shape index (κ1) is 25.9. The molecule has 1 aliphatic heterocycles. The van der Waals surface area contributed by atoms with E-state index in [1.165, 1.54) is 7.11 Å². The molecule has 0 aliphatic carbocycles. The molecule has 1 aromatic heterocycles. The molecular formula is C29H34N2O4S. The molecule has 0 unspecified atom stereocenters. The Labute approximate surface area is 217 Å². The Morgan fingerprint density at radius 1 is 1.08 bits per heavy atom. The molecule has 6 nitrogen and oxygen atoms in total. The lowest BCUT2D eigenvalue weighted by atomic mass is 10.00. The van der Waals surface area contributed by atoms with Crippen molar-refractivity contribution in [1.82, 2.24) is 4.98 Å². The number of ether oxygens (including phenoxy) is 3. The van der Waals surface area contributed by atoms with Gasteiger partial charge in [0.2, 0.25) is 0 Å². The maximum atomic E-state index is 12.4. The average Bonchev–Trinajstić information content (AvgIpc) is 3.22. The van der Waals surface area contributed by atoms with E-state index in [9.17, 15) is 4.79 Å². The number of benzene rings is 2. The van der Waals surface area contributed by atoms with Gasteiger partial charge in [-0.2, -0.15) is 0 Å². The predicted molar refractivity (Wildman–Crippen MR) is 146 cm³/mol. The molecule has 0 atom stereocenters. The van der Waals surface area contributed by atoms with Crippen molar-refractivity contribution < 1.29 is 19.0 Å². The summed E-state index contributed by atoms with van der Waals surface area (Å²) >= 11 is 1.66. The SMILES string of the molecule is CCCCOCCOc1ccc(-c2ccc3c(c2)C=C(C(=O)OC)CCN3Cc2csc(C)n2)cc1. The molecule has 0 saturated carbocycles. The van der Waals surface area contributed by atoms with Gasteiger partial charge in [0.15, 0.2) is 0 Å². The summed E-state index contributed by atoms with van der Waals surface area (Å²) in [4.78, 5) is 19.3. The number of aromatic nitrogens is 1. The Hall–Kier alpha value is -3.16. The van der Waals surface area contributed by atoms with Crippen LogP contribution in [0.15, 0.2) is 53.4 Å². The molecule has 36 heavy (non-hydrogen) atoms. The molecule has 7 heteroatoms. The highest BCUT2D eigenvalue weighted by Gasteiger charge is 2.21. The number of aryl methyl sites for hydroxylation is 1. The number of carbonyl (C=O) groups excluding carboxylic acids is 1. The van der Waals surface area contributed by atoms with Crippen molar-refractivity contribution in [1.29, 1.82) is 0 Å². The number of fused-ring (bicyclic) bond motifs is 1. The molecule has 190 valence electrons. The van der Waals surface area contributed by atoms with Gasteiger partial charge >= 0.3 is 5.97 Å². The smallest absolute Gasteiger partial charge is 0.333 e. The molecule has 2 heterocycles. The lowest BCUT2D eigenvalue weighted by molar-refractivity contribution is -0.136. The third-order valence-corrected chi connectivity index (χ3v) is 6.96. The molecule has 1 aliphatic rings. The Balaban J connectivity index is 1.52. The number of hydrogen-bond acceptors (Lipinski definition) is 7. The largest absolute Gasteiger partial charge is 0.491 e. The fourth-order valence-electron chi connectivity index (χ4n) is 4.22. The summed E-state index contributed by atoms with van der Waals surface area (Å²) in [6, 6.07) is 14.5. The topological polar surface area (TPSA) is 60.9 Å². The van der Waals surface area contributed by atoms with E-state index < -0.39 is 0 Å². The van der Waals surface area contributed by atoms with Crippen molar-refractivity contribution in [3.8, 4) is 16.9 Å². The van der Waals surface area contributed by atoms with E-state index in [1.807, 2.05) is 25.1 Å². The molecule has 0 fully saturated rings. The van der Waals surface area contributed by atoms with Crippen LogP contribution in [0.3, 0.4) is 0 Å². The molecule has 0 bridgehead atoms. The lowest BCUT2D eigenvalue weighted by Crippen LogP contribution is -2.24. The number of anilines is 1. The fourth-order valence-corrected chi connectivity index (χ4v) is 4.82. The fraction of sp³-hybridized carbons (Fsp3) is 0.379. The number of nitrogens with zero attached hydrogens (tertiary/aromatic N) is 2. The van der Waals surface area contributed by atoms with Crippen LogP contribution in [0.25, 0.3) is 17.2 Å². The molecule has 0 saturated heterocycles. The van der Waals surface area contributed by atoms with Gasteiger partial charge in [-0.15, -0.1) is 11.3 Å². The van der Waals surface area contributed by atoms with Crippen LogP contribution >= 0.6 is 11.3 Å². The monoisotopic (exact) mass is 506 g/mol. The highest BCUT2D eigenvalue weighted by atomic mass is 32.1. The molecule has 0 spiro atoms. The van der Waals surface area contributed by atoms with Gasteiger partial charge in [-0.3, -0.25) is 0 Å². The standard InChI is InChI=1S/C29H34N2O4S/c1-4-5-14-34-15-16-35-27-9-6-22(7-10-27)23-8-11-28-25(17-23)18-24(29(32)33-3)12-13-31(28)19-26-20-36-21(2)30-26/h6-11,17-18,20H,4-5,12-16,19H2,1-3H3. The molecule has 0 amide bonds. The minimum absolute atomic E-state index is 0.280. The van der Waals surface area contributed by atoms with E-state index in [-0.39, 0.29) is 5.97 Å². The van der Waals surface area contributed by atoms with Gasteiger partial charge < -0.3 is 19.1 Å². The van der Waals surface area contributed by atoms with E-state index in [0.29, 0.717) is 31.8 Å². The summed E-state index contributed by atoms with van der Waals surface area (Å²) in [5.41, 5.74) is 5.98. The average molecular weight is 507 g/mol. The van der Waals surface area contributed by atoms with Crippen molar-refractivity contribution in [3.63, 3.8) is 0 Å². The van der Waals surface area contributed by atoms with Gasteiger partial charge in [0, 0.05) is 29.8 Å². The second kappa shape index (κ2) is 12.7. The first-order valence-corrected chi connectivity index (χ1v) is 13.3. The highest BCUT2D eigenvalue weighted by molar-refractivity contribution is 7.09. The van der Waals surface area contributed by atoms with Crippen LogP contribution in [0.4, 0.5) is 5.69 Å². The van der Waals surface area contributed by atoms with Crippen LogP contribution < -0.4 is 9.64 Å². The summed E-state index contributed by atoms with van der Waals surface area (Å²) in [7, 11) is 1.43. The van der Waals surface area contributed by atoms with Crippen molar-refractivity contribution >= 4 is 29.1 Å². The third-order valence-electron chi connectivity index (χ3n) is 6.14. The first-order valence-electron chi connectivity index (χ1n) is 12.5. The van der Waals surface area contributed by atoms with Gasteiger partial charge in [-0.05, 0) is 66.8 Å². The molecular weight excluding hydrogens is 472 g/mol. The summed E-state index contributed by atoms with van der Waals surface area (Å²) in [5.74, 6) is 0.545. The van der Waals surface area contributed by atoms with Gasteiger partial charge in [-0.25, -0.2) is 9.78 Å². The summed E-state index contributed by atoms with van der Waals surface area (Å²) in [6.45, 7) is 7.51. The van der Waals surface area contributed by atoms with Crippen LogP contribution in [0.2, 0.25) is 0 Å². The maximum Gasteiger partial charge on any atom is 0.333 e. The number of carbonyl (C=O) groups is 1. The number of unbranched alkanes of at least 4 members (excludes halogenated alkanes) is 1. The zero-order valence-corrected chi connectivity index (χ0v) is 22.1. The number of rotatable bonds is 11. The Morgan fingerprint density at radius 3 is 2.61 bits per heavy atom. The van der Waals surface area contributed by atoms with Crippen molar-refractivity contribution in [2.24, 2.45) is 0 Å². The van der Waals surface area contributed by atoms with E-state index >= 15 is 0 Å². The van der Waals surface area contributed by atoms with Crippen molar-refractivity contribution in [3.05, 3.63) is 69.7 Å². The lowest BCUT2D eigenvalue weighted by Gasteiger charge is -2.24. The molecule has 3 aromatic rings. The van der Waals surface area contributed by atoms with Crippen LogP contribution in [0.5, 0.6) is 5.75 Å². The molecule has 0 radical (unpaired) electrons. The second-order valence-electron chi connectivity index (χ2n) is 8.80. The van der Waals surface area contributed by atoms with Gasteiger partial charge in [-0.1, -0.05) is 31.5 Å². The molecule has 4 rings (SSSR count). The third kappa shape index (κ3) is 6.74. The van der Waals surface area contributed by atoms with E-state index in [4.69, 9.17) is 14.2 Å². The van der Waals surface area contributed by atoms with Gasteiger partial charge in [0.25, 0.3) is 0 Å². The second-order valence-corrected chi connectivity index (χ2v) is 9.87. The van der Waals surface area contributed by atoms with Gasteiger partial charge in [0.1, 0.15) is 12.4 Å². The minimum Gasteiger partial charge on any atom is -0.491 e. The summed E-state index contributed by atoms with van der Waals surface area (Å²) in [5, 5.41) is 3.16. The van der Waals surface area contributed by atoms with E-state index in [1.54, 1.807) is 11.3 Å². The number of thiazole rings is 1. The highest BCUT2D eigenvalue weighted by Crippen LogP contribution is 2.34. The van der Waals surface area contributed by atoms with Gasteiger partial charge in [0.05, 0.1) is 31.0 Å². The van der Waals surface area contributed by atoms with Crippen molar-refractivity contribution in [2.75, 3.05) is 38.4 Å². The maximum absolute atomic E-state index is 12.4. The van der Waals surface area contributed by atoms with E-state index in [0.717, 1.165) is 64.8 Å². The zero-order chi connectivity index (χ0) is 25.3. The minimum atomic E-state index is -0.280. The van der Waals surface area contributed by atoms with Crippen LogP contribution in [-0.2, 0) is 20.8 Å². The zero-order valence-electron chi connectivity index (χ0n) is 21.3. The Morgan fingerprint density at radius 2 is 1.89 bits per heavy atom. The van der Waals surface area contributed by atoms with E-state index in [2.05, 4.69) is 52.5 Å².